The van der Waals surface area contributed by atoms with Gasteiger partial charge in [-0.2, -0.15) is 0 Å². The zero-order chi connectivity index (χ0) is 13.8. The van der Waals surface area contributed by atoms with E-state index in [0.29, 0.717) is 10.5 Å². The smallest absolute Gasteiger partial charge is 0.137 e. The molecule has 1 aromatic carbocycles. The Labute approximate surface area is 121 Å². The molecule has 1 heterocycles. The number of hydrogen-bond acceptors (Lipinski definition) is 1. The van der Waals surface area contributed by atoms with Gasteiger partial charge in [0.2, 0.25) is 0 Å². The van der Waals surface area contributed by atoms with E-state index in [1.165, 1.54) is 11.6 Å². The maximum atomic E-state index is 13.2. The Balaban J connectivity index is 2.09. The Morgan fingerprint density at radius 3 is 2.84 bits per heavy atom. The van der Waals surface area contributed by atoms with E-state index in [1.54, 1.807) is 0 Å². The average Bonchev–Trinajstić information content (AvgIpc) is 2.83. The minimum Gasteiger partial charge on any atom is -0.350 e. The highest BCUT2D eigenvalue weighted by atomic mass is 79.9. The van der Waals surface area contributed by atoms with Crippen LogP contribution in [0.25, 0.3) is 0 Å². The summed E-state index contributed by atoms with van der Waals surface area (Å²) in [6.45, 7) is 5.95. The van der Waals surface area contributed by atoms with Crippen LogP contribution in [0.3, 0.4) is 0 Å². The van der Waals surface area contributed by atoms with E-state index in [4.69, 9.17) is 0 Å². The third-order valence-corrected chi connectivity index (χ3v) is 3.74. The van der Waals surface area contributed by atoms with Gasteiger partial charge in [0, 0.05) is 25.0 Å². The Morgan fingerprint density at radius 1 is 1.37 bits per heavy atom. The molecule has 0 fully saturated rings. The van der Waals surface area contributed by atoms with Gasteiger partial charge in [-0.3, -0.25) is 0 Å². The van der Waals surface area contributed by atoms with E-state index >= 15 is 0 Å². The topological polar surface area (TPSA) is 17.0 Å². The zero-order valence-electron chi connectivity index (χ0n) is 11.2. The van der Waals surface area contributed by atoms with Crippen molar-refractivity contribution < 1.29 is 4.39 Å². The fourth-order valence-corrected chi connectivity index (χ4v) is 2.51. The van der Waals surface area contributed by atoms with Gasteiger partial charge in [-0.1, -0.05) is 13.0 Å². The molecule has 19 heavy (non-hydrogen) atoms. The van der Waals surface area contributed by atoms with Crippen molar-refractivity contribution in [2.75, 3.05) is 6.54 Å². The quantitative estimate of drug-likeness (QED) is 0.875. The number of benzene rings is 1. The lowest BCUT2D eigenvalue weighted by Crippen LogP contribution is -2.17. The van der Waals surface area contributed by atoms with E-state index in [9.17, 15) is 4.39 Å². The van der Waals surface area contributed by atoms with E-state index in [0.717, 1.165) is 18.7 Å². The molecule has 0 saturated carbocycles. The van der Waals surface area contributed by atoms with E-state index < -0.39 is 0 Å². The van der Waals surface area contributed by atoms with Crippen LogP contribution in [0.1, 0.15) is 31.0 Å². The number of nitrogens with zero attached hydrogens (tertiary/aromatic N) is 1. The van der Waals surface area contributed by atoms with Gasteiger partial charge in [-0.15, -0.1) is 0 Å². The van der Waals surface area contributed by atoms with Crippen molar-refractivity contribution in [3.8, 4) is 0 Å². The number of hydrogen-bond donors (Lipinski definition) is 1. The maximum Gasteiger partial charge on any atom is 0.137 e. The summed E-state index contributed by atoms with van der Waals surface area (Å²) in [7, 11) is 0. The molecule has 1 atom stereocenters. The van der Waals surface area contributed by atoms with Crippen LogP contribution in [0.5, 0.6) is 0 Å². The molecule has 0 aliphatic rings. The summed E-state index contributed by atoms with van der Waals surface area (Å²) in [5, 5.41) is 3.39. The SMILES string of the molecule is CCNC(C)c1ccn(Cc2ccc(F)c(Br)c2)c1. The normalized spacial score (nSPS) is 12.6. The van der Waals surface area contributed by atoms with Gasteiger partial charge >= 0.3 is 0 Å². The summed E-state index contributed by atoms with van der Waals surface area (Å²) in [6, 6.07) is 7.60. The monoisotopic (exact) mass is 324 g/mol. The highest BCUT2D eigenvalue weighted by Gasteiger charge is 2.06. The van der Waals surface area contributed by atoms with Crippen molar-refractivity contribution in [2.45, 2.75) is 26.4 Å². The number of aromatic nitrogens is 1. The van der Waals surface area contributed by atoms with Crippen molar-refractivity contribution in [3.05, 3.63) is 58.1 Å². The molecular formula is C15H18BrFN2. The van der Waals surface area contributed by atoms with E-state index in [2.05, 4.69) is 58.1 Å². The van der Waals surface area contributed by atoms with Gasteiger partial charge in [0.15, 0.2) is 0 Å². The first-order valence-electron chi connectivity index (χ1n) is 6.43. The predicted octanol–water partition coefficient (Wildman–Crippen LogP) is 4.11. The van der Waals surface area contributed by atoms with Gasteiger partial charge in [0.1, 0.15) is 5.82 Å². The Morgan fingerprint density at radius 2 is 2.16 bits per heavy atom. The maximum absolute atomic E-state index is 13.2. The number of nitrogens with one attached hydrogen (secondary N) is 1. The molecule has 4 heteroatoms. The predicted molar refractivity (Wildman–Crippen MR) is 79.7 cm³/mol. The van der Waals surface area contributed by atoms with Crippen LogP contribution in [0, 0.1) is 5.82 Å². The van der Waals surface area contributed by atoms with Crippen LogP contribution in [-0.2, 0) is 6.54 Å². The lowest BCUT2D eigenvalue weighted by Gasteiger charge is -2.10. The standard InChI is InChI=1S/C15H18BrFN2/c1-3-18-11(2)13-6-7-19(10-13)9-12-4-5-15(17)14(16)8-12/h4-8,10-11,18H,3,9H2,1-2H3. The fraction of sp³-hybridized carbons (Fsp3) is 0.333. The van der Waals surface area contributed by atoms with Gasteiger partial charge in [0.05, 0.1) is 4.47 Å². The molecule has 0 spiro atoms. The molecule has 0 amide bonds. The second-order valence-electron chi connectivity index (χ2n) is 4.64. The molecule has 1 N–H and O–H groups in total. The zero-order valence-corrected chi connectivity index (χ0v) is 12.7. The molecule has 0 bridgehead atoms. The Hall–Kier alpha value is -1.13. The summed E-state index contributed by atoms with van der Waals surface area (Å²) in [5.41, 5.74) is 2.34. The van der Waals surface area contributed by atoms with E-state index in [1.807, 2.05) is 12.1 Å². The highest BCUT2D eigenvalue weighted by Crippen LogP contribution is 2.18. The van der Waals surface area contributed by atoms with Crippen LogP contribution in [-0.4, -0.2) is 11.1 Å². The molecule has 1 aromatic heterocycles. The molecule has 102 valence electrons. The minimum atomic E-state index is -0.224. The lowest BCUT2D eigenvalue weighted by molar-refractivity contribution is 0.596. The Kier molecular flexibility index (Phi) is 4.77. The largest absolute Gasteiger partial charge is 0.350 e. The first-order valence-corrected chi connectivity index (χ1v) is 7.22. The molecule has 0 saturated heterocycles. The second kappa shape index (κ2) is 6.35. The Bertz CT molecular complexity index is 551. The van der Waals surface area contributed by atoms with Crippen LogP contribution in [0.15, 0.2) is 41.1 Å². The van der Waals surface area contributed by atoms with Gasteiger partial charge < -0.3 is 9.88 Å². The van der Waals surface area contributed by atoms with Gasteiger partial charge in [-0.25, -0.2) is 4.39 Å². The van der Waals surface area contributed by atoms with Crippen molar-refractivity contribution >= 4 is 15.9 Å². The van der Waals surface area contributed by atoms with Gasteiger partial charge in [0.25, 0.3) is 0 Å². The van der Waals surface area contributed by atoms with Crippen LogP contribution < -0.4 is 5.32 Å². The van der Waals surface area contributed by atoms with Crippen molar-refractivity contribution in [2.24, 2.45) is 0 Å². The van der Waals surface area contributed by atoms with Crippen molar-refractivity contribution in [3.63, 3.8) is 0 Å². The van der Waals surface area contributed by atoms with E-state index in [-0.39, 0.29) is 5.82 Å². The molecule has 0 aliphatic heterocycles. The summed E-state index contributed by atoms with van der Waals surface area (Å²) in [4.78, 5) is 0. The van der Waals surface area contributed by atoms with Gasteiger partial charge in [-0.05, 0) is 58.7 Å². The average molecular weight is 325 g/mol. The number of rotatable bonds is 5. The number of halogens is 2. The van der Waals surface area contributed by atoms with Crippen LogP contribution >= 0.6 is 15.9 Å². The van der Waals surface area contributed by atoms with Crippen molar-refractivity contribution in [1.29, 1.82) is 0 Å². The lowest BCUT2D eigenvalue weighted by atomic mass is 10.2. The summed E-state index contributed by atoms with van der Waals surface area (Å²) >= 11 is 3.21. The second-order valence-corrected chi connectivity index (χ2v) is 5.50. The summed E-state index contributed by atoms with van der Waals surface area (Å²) < 4.78 is 15.8. The fourth-order valence-electron chi connectivity index (χ4n) is 2.09. The molecule has 1 unspecified atom stereocenters. The molecule has 0 radical (unpaired) electrons. The third kappa shape index (κ3) is 3.67. The summed E-state index contributed by atoms with van der Waals surface area (Å²) in [6.07, 6.45) is 4.19. The first kappa shape index (κ1) is 14.3. The molecule has 2 aromatic rings. The summed E-state index contributed by atoms with van der Waals surface area (Å²) in [5.74, 6) is -0.224. The molecular weight excluding hydrogens is 307 g/mol. The highest BCUT2D eigenvalue weighted by molar-refractivity contribution is 9.10. The van der Waals surface area contributed by atoms with Crippen LogP contribution in [0.4, 0.5) is 4.39 Å². The van der Waals surface area contributed by atoms with Crippen LogP contribution in [0.2, 0.25) is 0 Å². The first-order chi connectivity index (χ1) is 9.10. The van der Waals surface area contributed by atoms with Crippen molar-refractivity contribution in [1.82, 2.24) is 9.88 Å². The molecule has 0 aliphatic carbocycles. The molecule has 2 nitrogen and oxygen atoms in total. The third-order valence-electron chi connectivity index (χ3n) is 3.13. The molecule has 2 rings (SSSR count). The minimum absolute atomic E-state index is 0.224.